The molecular formula is C12H15FN2OS. The molecule has 2 N–H and O–H groups in total. The van der Waals surface area contributed by atoms with E-state index in [-0.39, 0.29) is 17.2 Å². The van der Waals surface area contributed by atoms with Crippen molar-refractivity contribution in [3.8, 4) is 0 Å². The van der Waals surface area contributed by atoms with Crippen LogP contribution in [0.15, 0.2) is 18.2 Å². The van der Waals surface area contributed by atoms with Gasteiger partial charge in [-0.05, 0) is 12.1 Å². The summed E-state index contributed by atoms with van der Waals surface area (Å²) in [6.07, 6.45) is 0. The van der Waals surface area contributed by atoms with Crippen molar-refractivity contribution >= 4 is 23.4 Å². The van der Waals surface area contributed by atoms with Gasteiger partial charge in [-0.25, -0.2) is 4.39 Å². The molecule has 1 aliphatic heterocycles. The SMILES string of the molecule is CC1CN(C(=O)c2cccc(F)c2N)CCS1. The fourth-order valence-corrected chi connectivity index (χ4v) is 2.91. The number of carbonyl (C=O) groups excluding carboxylic acids is 1. The predicted octanol–water partition coefficient (Wildman–Crippen LogP) is 1.99. The molecule has 3 nitrogen and oxygen atoms in total. The highest BCUT2D eigenvalue weighted by Gasteiger charge is 2.24. The topological polar surface area (TPSA) is 46.3 Å². The van der Waals surface area contributed by atoms with E-state index in [0.717, 1.165) is 5.75 Å². The van der Waals surface area contributed by atoms with Crippen LogP contribution >= 0.6 is 11.8 Å². The number of thioether (sulfide) groups is 1. The van der Waals surface area contributed by atoms with Gasteiger partial charge in [0.1, 0.15) is 5.82 Å². The lowest BCUT2D eigenvalue weighted by Crippen LogP contribution is -2.41. The summed E-state index contributed by atoms with van der Waals surface area (Å²) in [5.74, 6) is 0.215. The Bertz CT molecular complexity index is 439. The third-order valence-electron chi connectivity index (χ3n) is 2.81. The van der Waals surface area contributed by atoms with Crippen LogP contribution in [-0.4, -0.2) is 34.9 Å². The molecule has 0 aromatic heterocycles. The van der Waals surface area contributed by atoms with E-state index in [4.69, 9.17) is 5.73 Å². The van der Waals surface area contributed by atoms with E-state index in [1.807, 2.05) is 11.8 Å². The van der Waals surface area contributed by atoms with Crippen molar-refractivity contribution < 1.29 is 9.18 Å². The third kappa shape index (κ3) is 2.54. The quantitative estimate of drug-likeness (QED) is 0.780. The van der Waals surface area contributed by atoms with E-state index in [0.29, 0.717) is 18.3 Å². The Morgan fingerprint density at radius 3 is 3.06 bits per heavy atom. The predicted molar refractivity (Wildman–Crippen MR) is 68.6 cm³/mol. The van der Waals surface area contributed by atoms with E-state index < -0.39 is 5.82 Å². The zero-order chi connectivity index (χ0) is 12.4. The Morgan fingerprint density at radius 2 is 2.35 bits per heavy atom. The van der Waals surface area contributed by atoms with Crippen molar-refractivity contribution in [2.75, 3.05) is 24.6 Å². The van der Waals surface area contributed by atoms with Crippen LogP contribution in [0.4, 0.5) is 10.1 Å². The average molecular weight is 254 g/mol. The molecule has 5 heteroatoms. The third-order valence-corrected chi connectivity index (χ3v) is 3.95. The summed E-state index contributed by atoms with van der Waals surface area (Å²) in [4.78, 5) is 13.9. The van der Waals surface area contributed by atoms with Crippen LogP contribution in [0.2, 0.25) is 0 Å². The van der Waals surface area contributed by atoms with E-state index in [9.17, 15) is 9.18 Å². The van der Waals surface area contributed by atoms with Gasteiger partial charge in [0.2, 0.25) is 0 Å². The maximum Gasteiger partial charge on any atom is 0.256 e. The summed E-state index contributed by atoms with van der Waals surface area (Å²) in [6.45, 7) is 3.47. The first kappa shape index (κ1) is 12.2. The molecule has 1 aliphatic rings. The van der Waals surface area contributed by atoms with Gasteiger partial charge in [-0.3, -0.25) is 4.79 Å². The lowest BCUT2D eigenvalue weighted by molar-refractivity contribution is 0.0764. The highest BCUT2D eigenvalue weighted by Crippen LogP contribution is 2.22. The van der Waals surface area contributed by atoms with Crippen molar-refractivity contribution in [3.05, 3.63) is 29.6 Å². The molecule has 0 aliphatic carbocycles. The summed E-state index contributed by atoms with van der Waals surface area (Å²) in [5, 5.41) is 0.419. The normalized spacial score (nSPS) is 20.4. The Labute approximate surface area is 104 Å². The number of para-hydroxylation sites is 1. The van der Waals surface area contributed by atoms with Gasteiger partial charge in [-0.2, -0.15) is 11.8 Å². The van der Waals surface area contributed by atoms with Crippen LogP contribution in [-0.2, 0) is 0 Å². The van der Waals surface area contributed by atoms with E-state index in [2.05, 4.69) is 6.92 Å². The van der Waals surface area contributed by atoms with Crippen LogP contribution in [0, 0.1) is 5.82 Å². The lowest BCUT2D eigenvalue weighted by atomic mass is 10.1. The Morgan fingerprint density at radius 1 is 1.59 bits per heavy atom. The van der Waals surface area contributed by atoms with Gasteiger partial charge < -0.3 is 10.6 Å². The molecule has 17 heavy (non-hydrogen) atoms. The molecule has 0 radical (unpaired) electrons. The highest BCUT2D eigenvalue weighted by molar-refractivity contribution is 7.99. The molecule has 1 fully saturated rings. The molecule has 1 amide bonds. The molecule has 0 saturated carbocycles. The first-order valence-corrected chi connectivity index (χ1v) is 6.59. The van der Waals surface area contributed by atoms with Gasteiger partial charge >= 0.3 is 0 Å². The number of rotatable bonds is 1. The van der Waals surface area contributed by atoms with Gasteiger partial charge in [0.05, 0.1) is 11.3 Å². The number of amides is 1. The first-order chi connectivity index (χ1) is 8.09. The summed E-state index contributed by atoms with van der Waals surface area (Å²) < 4.78 is 13.3. The second-order valence-electron chi connectivity index (χ2n) is 4.13. The Hall–Kier alpha value is -1.23. The van der Waals surface area contributed by atoms with Gasteiger partial charge in [-0.15, -0.1) is 0 Å². The smallest absolute Gasteiger partial charge is 0.256 e. The number of halogens is 1. The number of anilines is 1. The van der Waals surface area contributed by atoms with Crippen molar-refractivity contribution in [2.24, 2.45) is 0 Å². The molecule has 1 aromatic carbocycles. The second kappa shape index (κ2) is 4.96. The van der Waals surface area contributed by atoms with Crippen molar-refractivity contribution in [3.63, 3.8) is 0 Å². The molecule has 1 saturated heterocycles. The number of nitrogens with two attached hydrogens (primary N) is 1. The zero-order valence-corrected chi connectivity index (χ0v) is 10.5. The monoisotopic (exact) mass is 254 g/mol. The lowest BCUT2D eigenvalue weighted by Gasteiger charge is -2.30. The van der Waals surface area contributed by atoms with Crippen LogP contribution < -0.4 is 5.73 Å². The van der Waals surface area contributed by atoms with Crippen LogP contribution in [0.1, 0.15) is 17.3 Å². The number of carbonyl (C=O) groups is 1. The number of hydrogen-bond donors (Lipinski definition) is 1. The summed E-state index contributed by atoms with van der Waals surface area (Å²) in [7, 11) is 0. The van der Waals surface area contributed by atoms with Crippen molar-refractivity contribution in [1.82, 2.24) is 4.90 Å². The van der Waals surface area contributed by atoms with E-state index >= 15 is 0 Å². The minimum Gasteiger partial charge on any atom is -0.396 e. The highest BCUT2D eigenvalue weighted by atomic mass is 32.2. The molecule has 1 unspecified atom stereocenters. The minimum atomic E-state index is -0.532. The largest absolute Gasteiger partial charge is 0.396 e. The Kier molecular flexibility index (Phi) is 3.57. The number of nitrogen functional groups attached to an aromatic ring is 1. The van der Waals surface area contributed by atoms with Gasteiger partial charge in [0.25, 0.3) is 5.91 Å². The van der Waals surface area contributed by atoms with Gasteiger partial charge in [-0.1, -0.05) is 13.0 Å². The molecule has 1 heterocycles. The fourth-order valence-electron chi connectivity index (χ4n) is 1.90. The molecule has 0 spiro atoms. The van der Waals surface area contributed by atoms with E-state index in [1.165, 1.54) is 12.1 Å². The zero-order valence-electron chi connectivity index (χ0n) is 9.65. The first-order valence-electron chi connectivity index (χ1n) is 5.54. The summed E-state index contributed by atoms with van der Waals surface area (Å²) in [6, 6.07) is 4.36. The molecule has 0 bridgehead atoms. The van der Waals surface area contributed by atoms with Crippen LogP contribution in [0.3, 0.4) is 0 Å². The molecule has 1 atom stereocenters. The molecule has 92 valence electrons. The molecular weight excluding hydrogens is 239 g/mol. The van der Waals surface area contributed by atoms with Gasteiger partial charge in [0, 0.05) is 24.1 Å². The fraction of sp³-hybridized carbons (Fsp3) is 0.417. The van der Waals surface area contributed by atoms with Crippen LogP contribution in [0.5, 0.6) is 0 Å². The maximum absolute atomic E-state index is 13.3. The standard InChI is InChI=1S/C12H15FN2OS/c1-8-7-15(5-6-17-8)12(16)9-3-2-4-10(13)11(9)14/h2-4,8H,5-7,14H2,1H3. The van der Waals surface area contributed by atoms with Crippen molar-refractivity contribution in [2.45, 2.75) is 12.2 Å². The minimum absolute atomic E-state index is 0.0524. The summed E-state index contributed by atoms with van der Waals surface area (Å²) in [5.41, 5.74) is 5.81. The van der Waals surface area contributed by atoms with Gasteiger partial charge in [0.15, 0.2) is 0 Å². The second-order valence-corrected chi connectivity index (χ2v) is 5.68. The van der Waals surface area contributed by atoms with Crippen molar-refractivity contribution in [1.29, 1.82) is 0 Å². The summed E-state index contributed by atoms with van der Waals surface area (Å²) >= 11 is 1.84. The number of benzene rings is 1. The van der Waals surface area contributed by atoms with E-state index in [1.54, 1.807) is 11.0 Å². The average Bonchev–Trinajstić information content (AvgIpc) is 2.32. The van der Waals surface area contributed by atoms with Crippen LogP contribution in [0.25, 0.3) is 0 Å². The molecule has 2 rings (SSSR count). The number of nitrogens with zero attached hydrogens (tertiary/aromatic N) is 1. The maximum atomic E-state index is 13.3. The number of hydrogen-bond acceptors (Lipinski definition) is 3. The molecule has 1 aromatic rings. The Balaban J connectivity index is 2.22.